The number of hydrogen-bond acceptors (Lipinski definition) is 5. The van der Waals surface area contributed by atoms with Crippen molar-refractivity contribution in [2.45, 2.75) is 114 Å². The third-order valence-electron chi connectivity index (χ3n) is 7.62. The summed E-state index contributed by atoms with van der Waals surface area (Å²) in [5, 5.41) is 32.7. The van der Waals surface area contributed by atoms with Crippen molar-refractivity contribution in [1.29, 1.82) is 0 Å². The number of rotatable bonds is 3. The maximum absolute atomic E-state index is 10.6. The predicted molar refractivity (Wildman–Crippen MR) is 103 cm³/mol. The molecule has 3 aliphatic carbocycles. The summed E-state index contributed by atoms with van der Waals surface area (Å²) in [6.45, 7) is 0. The second-order valence-electron chi connectivity index (χ2n) is 9.36. The van der Waals surface area contributed by atoms with Crippen molar-refractivity contribution in [1.82, 2.24) is 16.0 Å². The Morgan fingerprint density at radius 2 is 0.885 bits per heavy atom. The van der Waals surface area contributed by atoms with E-state index in [1.54, 1.807) is 0 Å². The Morgan fingerprint density at radius 3 is 1.38 bits per heavy atom. The van der Waals surface area contributed by atoms with Crippen molar-refractivity contribution < 1.29 is 10.2 Å². The monoisotopic (exact) mass is 365 g/mol. The molecule has 1 saturated heterocycles. The summed E-state index contributed by atoms with van der Waals surface area (Å²) >= 11 is 0. The lowest BCUT2D eigenvalue weighted by Gasteiger charge is -2.50. The SMILES string of the molecule is OC1CCCCC1C1NC(C2CCCCC2)NC(C2CCCCC2O)N1. The van der Waals surface area contributed by atoms with Crippen LogP contribution < -0.4 is 16.0 Å². The molecule has 0 aromatic rings. The van der Waals surface area contributed by atoms with E-state index in [4.69, 9.17) is 0 Å². The molecule has 1 heterocycles. The van der Waals surface area contributed by atoms with Crippen LogP contribution in [0, 0.1) is 17.8 Å². The fourth-order valence-electron chi connectivity index (χ4n) is 6.02. The summed E-state index contributed by atoms with van der Waals surface area (Å²) in [4.78, 5) is 0. The third kappa shape index (κ3) is 4.27. The molecule has 4 rings (SSSR count). The molecule has 0 radical (unpaired) electrons. The first kappa shape index (κ1) is 19.1. The molecular weight excluding hydrogens is 326 g/mol. The van der Waals surface area contributed by atoms with E-state index in [1.807, 2.05) is 0 Å². The largest absolute Gasteiger partial charge is 0.393 e. The fraction of sp³-hybridized carbons (Fsp3) is 1.00. The highest BCUT2D eigenvalue weighted by molar-refractivity contribution is 4.96. The van der Waals surface area contributed by atoms with Gasteiger partial charge in [0.1, 0.15) is 0 Å². The summed E-state index contributed by atoms with van der Waals surface area (Å²) < 4.78 is 0. The van der Waals surface area contributed by atoms with Crippen LogP contribution in [-0.4, -0.2) is 40.9 Å². The maximum atomic E-state index is 10.6. The van der Waals surface area contributed by atoms with Gasteiger partial charge in [0.2, 0.25) is 0 Å². The first-order valence-electron chi connectivity index (χ1n) is 11.4. The van der Waals surface area contributed by atoms with Crippen molar-refractivity contribution in [2.75, 3.05) is 0 Å². The zero-order valence-corrected chi connectivity index (χ0v) is 16.2. The Morgan fingerprint density at radius 1 is 0.462 bits per heavy atom. The normalized spacial score (nSPS) is 46.2. The molecule has 0 bridgehead atoms. The highest BCUT2D eigenvalue weighted by Gasteiger charge is 2.42. The molecule has 5 nitrogen and oxygen atoms in total. The van der Waals surface area contributed by atoms with Crippen molar-refractivity contribution in [3.05, 3.63) is 0 Å². The molecule has 0 aromatic carbocycles. The molecule has 150 valence electrons. The van der Waals surface area contributed by atoms with E-state index in [0.29, 0.717) is 23.9 Å². The fourth-order valence-corrected chi connectivity index (χ4v) is 6.02. The van der Waals surface area contributed by atoms with Gasteiger partial charge in [-0.05, 0) is 44.4 Å². The van der Waals surface area contributed by atoms with Gasteiger partial charge in [0.25, 0.3) is 0 Å². The topological polar surface area (TPSA) is 76.5 Å². The summed E-state index contributed by atoms with van der Waals surface area (Å²) in [6.07, 6.45) is 15.7. The Balaban J connectivity index is 1.49. The Hall–Kier alpha value is -0.200. The third-order valence-corrected chi connectivity index (χ3v) is 7.62. The Bertz CT molecular complexity index is 413. The molecule has 6 atom stereocenters. The lowest BCUT2D eigenvalue weighted by Crippen LogP contribution is -2.74. The maximum Gasteiger partial charge on any atom is 0.0649 e. The van der Waals surface area contributed by atoms with Crippen LogP contribution in [0.5, 0.6) is 0 Å². The summed E-state index contributed by atoms with van der Waals surface area (Å²) in [5.74, 6) is 1.26. The standard InChI is InChI=1S/C21H39N3O2/c25-17-12-6-4-10-15(17)20-22-19(14-8-2-1-3-9-14)23-21(24-20)16-11-5-7-13-18(16)26/h14-26H,1-13H2. The van der Waals surface area contributed by atoms with Gasteiger partial charge in [-0.1, -0.05) is 44.9 Å². The molecule has 26 heavy (non-hydrogen) atoms. The lowest BCUT2D eigenvalue weighted by molar-refractivity contribution is -0.0240. The van der Waals surface area contributed by atoms with E-state index in [0.717, 1.165) is 38.5 Å². The van der Waals surface area contributed by atoms with E-state index in [1.165, 1.54) is 44.9 Å². The second kappa shape index (κ2) is 8.87. The predicted octanol–water partition coefficient (Wildman–Crippen LogP) is 2.43. The minimum absolute atomic E-state index is 0.164. The van der Waals surface area contributed by atoms with Gasteiger partial charge >= 0.3 is 0 Å². The van der Waals surface area contributed by atoms with Crippen molar-refractivity contribution in [3.63, 3.8) is 0 Å². The molecule has 4 aliphatic rings. The van der Waals surface area contributed by atoms with E-state index in [9.17, 15) is 10.2 Å². The van der Waals surface area contributed by atoms with Gasteiger partial charge in [-0.2, -0.15) is 0 Å². The van der Waals surface area contributed by atoms with E-state index >= 15 is 0 Å². The quantitative estimate of drug-likeness (QED) is 0.531. The molecule has 5 heteroatoms. The summed E-state index contributed by atoms with van der Waals surface area (Å²) in [6, 6.07) is 0. The molecule has 0 spiro atoms. The van der Waals surface area contributed by atoms with Crippen LogP contribution in [0.25, 0.3) is 0 Å². The summed E-state index contributed by atoms with van der Waals surface area (Å²) in [5.41, 5.74) is 0. The van der Waals surface area contributed by atoms with Gasteiger partial charge in [0, 0.05) is 11.8 Å². The van der Waals surface area contributed by atoms with Crippen LogP contribution in [0.1, 0.15) is 83.5 Å². The van der Waals surface area contributed by atoms with Gasteiger partial charge in [0.15, 0.2) is 0 Å². The van der Waals surface area contributed by atoms with E-state index < -0.39 is 0 Å². The van der Waals surface area contributed by atoms with Gasteiger partial charge in [-0.15, -0.1) is 0 Å². The average Bonchev–Trinajstić information content (AvgIpc) is 2.69. The van der Waals surface area contributed by atoms with E-state index in [2.05, 4.69) is 16.0 Å². The van der Waals surface area contributed by atoms with Gasteiger partial charge in [-0.25, -0.2) is 0 Å². The lowest BCUT2D eigenvalue weighted by atomic mass is 9.79. The van der Waals surface area contributed by atoms with Crippen LogP contribution in [-0.2, 0) is 0 Å². The Kier molecular flexibility index (Phi) is 6.53. The Labute approximate surface area is 158 Å². The molecule has 6 unspecified atom stereocenters. The van der Waals surface area contributed by atoms with Crippen molar-refractivity contribution in [2.24, 2.45) is 17.8 Å². The first-order valence-corrected chi connectivity index (χ1v) is 11.4. The molecule has 5 N–H and O–H groups in total. The molecule has 3 saturated carbocycles. The van der Waals surface area contributed by atoms with Crippen molar-refractivity contribution in [3.8, 4) is 0 Å². The minimum Gasteiger partial charge on any atom is -0.393 e. The number of aliphatic hydroxyl groups excluding tert-OH is 2. The zero-order valence-electron chi connectivity index (χ0n) is 16.2. The molecule has 0 aromatic heterocycles. The smallest absolute Gasteiger partial charge is 0.0649 e. The second-order valence-corrected chi connectivity index (χ2v) is 9.36. The molecular formula is C21H39N3O2. The zero-order chi connectivity index (χ0) is 17.9. The van der Waals surface area contributed by atoms with Crippen LogP contribution in [0.4, 0.5) is 0 Å². The number of hydrogen-bond donors (Lipinski definition) is 5. The van der Waals surface area contributed by atoms with Crippen LogP contribution in [0.2, 0.25) is 0 Å². The highest BCUT2D eigenvalue weighted by Crippen LogP contribution is 2.33. The van der Waals surface area contributed by atoms with Crippen LogP contribution >= 0.6 is 0 Å². The van der Waals surface area contributed by atoms with Crippen molar-refractivity contribution >= 4 is 0 Å². The van der Waals surface area contributed by atoms with Crippen LogP contribution in [0.15, 0.2) is 0 Å². The molecule has 1 aliphatic heterocycles. The summed E-state index contributed by atoms with van der Waals surface area (Å²) in [7, 11) is 0. The molecule has 0 amide bonds. The highest BCUT2D eigenvalue weighted by atomic mass is 16.3. The number of nitrogens with one attached hydrogen (secondary N) is 3. The minimum atomic E-state index is -0.198. The van der Waals surface area contributed by atoms with E-state index in [-0.39, 0.29) is 24.5 Å². The van der Waals surface area contributed by atoms with Crippen LogP contribution in [0.3, 0.4) is 0 Å². The molecule has 4 fully saturated rings. The van der Waals surface area contributed by atoms with Gasteiger partial charge in [0.05, 0.1) is 30.7 Å². The van der Waals surface area contributed by atoms with Gasteiger partial charge < -0.3 is 10.2 Å². The number of aliphatic hydroxyl groups is 2. The van der Waals surface area contributed by atoms with Gasteiger partial charge in [-0.3, -0.25) is 16.0 Å². The average molecular weight is 366 g/mol. The first-order chi connectivity index (χ1) is 12.7.